The molecule has 154 valence electrons. The zero-order valence-corrected chi connectivity index (χ0v) is 17.5. The van der Waals surface area contributed by atoms with E-state index < -0.39 is 0 Å². The maximum Gasteiger partial charge on any atom is 0.119 e. The Balaban J connectivity index is 1.34. The second kappa shape index (κ2) is 8.93. The van der Waals surface area contributed by atoms with Crippen LogP contribution in [0.4, 0.5) is 0 Å². The first-order chi connectivity index (χ1) is 14.8. The van der Waals surface area contributed by atoms with Crippen LogP contribution in [0.5, 0.6) is 5.75 Å². The van der Waals surface area contributed by atoms with E-state index in [9.17, 15) is 0 Å². The minimum absolute atomic E-state index is 0.383. The van der Waals surface area contributed by atoms with E-state index in [1.807, 2.05) is 0 Å². The molecule has 2 aliphatic heterocycles. The number of hydrogen-bond acceptors (Lipinski definition) is 3. The van der Waals surface area contributed by atoms with E-state index in [-0.39, 0.29) is 0 Å². The van der Waals surface area contributed by atoms with Crippen molar-refractivity contribution in [3.63, 3.8) is 0 Å². The number of likely N-dealkylation sites (tertiary alicyclic amines) is 1. The highest BCUT2D eigenvalue weighted by Gasteiger charge is 2.17. The Morgan fingerprint density at radius 2 is 1.80 bits per heavy atom. The summed E-state index contributed by atoms with van der Waals surface area (Å²) in [6, 6.07) is 15.6. The summed E-state index contributed by atoms with van der Waals surface area (Å²) >= 11 is 0. The number of nitrogens with one attached hydrogen (secondary N) is 1. The van der Waals surface area contributed by atoms with E-state index >= 15 is 0 Å². The number of rotatable bonds is 5. The Morgan fingerprint density at radius 1 is 0.933 bits per heavy atom. The van der Waals surface area contributed by atoms with Gasteiger partial charge in [-0.3, -0.25) is 4.90 Å². The van der Waals surface area contributed by atoms with Crippen LogP contribution in [0.3, 0.4) is 0 Å². The number of nitrogens with zero attached hydrogens (tertiary/aromatic N) is 1. The lowest BCUT2D eigenvalue weighted by Gasteiger charge is -2.24. The summed E-state index contributed by atoms with van der Waals surface area (Å²) in [5, 5.41) is 6.13. The molecule has 2 heterocycles. The van der Waals surface area contributed by atoms with Gasteiger partial charge >= 0.3 is 0 Å². The molecule has 2 unspecified atom stereocenters. The van der Waals surface area contributed by atoms with Crippen LogP contribution < -0.4 is 20.5 Å². The third kappa shape index (κ3) is 4.36. The van der Waals surface area contributed by atoms with Gasteiger partial charge in [-0.2, -0.15) is 0 Å². The molecule has 3 nitrogen and oxygen atoms in total. The first-order valence-electron chi connectivity index (χ1n) is 11.2. The van der Waals surface area contributed by atoms with Crippen molar-refractivity contribution in [1.82, 2.24) is 10.2 Å². The minimum Gasteiger partial charge on any atom is -0.492 e. The van der Waals surface area contributed by atoms with Gasteiger partial charge in [-0.1, -0.05) is 54.6 Å². The van der Waals surface area contributed by atoms with Gasteiger partial charge in [0.05, 0.1) is 6.04 Å². The summed E-state index contributed by atoms with van der Waals surface area (Å²) < 4.78 is 6.06. The molecule has 30 heavy (non-hydrogen) atoms. The molecule has 2 aromatic rings. The van der Waals surface area contributed by atoms with Gasteiger partial charge in [0, 0.05) is 18.7 Å². The largest absolute Gasteiger partial charge is 0.492 e. The normalized spacial score (nSPS) is 22.7. The van der Waals surface area contributed by atoms with Gasteiger partial charge in [0.25, 0.3) is 0 Å². The van der Waals surface area contributed by atoms with Gasteiger partial charge in [-0.25, -0.2) is 0 Å². The third-order valence-corrected chi connectivity index (χ3v) is 6.42. The van der Waals surface area contributed by atoms with Crippen molar-refractivity contribution in [2.45, 2.75) is 25.3 Å². The predicted molar refractivity (Wildman–Crippen MR) is 125 cm³/mol. The van der Waals surface area contributed by atoms with Crippen LogP contribution in [-0.2, 0) is 0 Å². The molecule has 1 aliphatic carbocycles. The van der Waals surface area contributed by atoms with Gasteiger partial charge in [0.2, 0.25) is 0 Å². The lowest BCUT2D eigenvalue weighted by Crippen LogP contribution is -2.37. The van der Waals surface area contributed by atoms with Crippen LogP contribution in [0.1, 0.15) is 19.3 Å². The van der Waals surface area contributed by atoms with Gasteiger partial charge in [0.1, 0.15) is 12.4 Å². The van der Waals surface area contributed by atoms with Gasteiger partial charge in [-0.15, -0.1) is 0 Å². The SMILES string of the molecule is C1=CC2CC=c3cc(-c4cccc(OCCN5CCCC5)c4)ccc3=CNC2C=C1. The highest BCUT2D eigenvalue weighted by molar-refractivity contribution is 5.65. The molecule has 1 N–H and O–H groups in total. The van der Waals surface area contributed by atoms with E-state index in [0.29, 0.717) is 12.0 Å². The molecule has 1 saturated heterocycles. The molecule has 2 aromatic carbocycles. The number of hydrogen-bond donors (Lipinski definition) is 1. The lowest BCUT2D eigenvalue weighted by atomic mass is 9.90. The van der Waals surface area contributed by atoms with Crippen LogP contribution in [0, 0.1) is 5.92 Å². The maximum atomic E-state index is 6.06. The fraction of sp³-hybridized carbons (Fsp3) is 0.333. The Kier molecular flexibility index (Phi) is 5.71. The third-order valence-electron chi connectivity index (χ3n) is 6.42. The molecule has 0 amide bonds. The molecule has 1 fully saturated rings. The Bertz CT molecular complexity index is 1060. The molecule has 0 spiro atoms. The summed E-state index contributed by atoms with van der Waals surface area (Å²) in [5.74, 6) is 1.47. The van der Waals surface area contributed by atoms with Crippen molar-refractivity contribution in [3.05, 3.63) is 77.2 Å². The van der Waals surface area contributed by atoms with Crippen molar-refractivity contribution in [1.29, 1.82) is 0 Å². The molecule has 0 bridgehead atoms. The van der Waals surface area contributed by atoms with E-state index in [1.165, 1.54) is 47.5 Å². The van der Waals surface area contributed by atoms with Gasteiger partial charge in [0.15, 0.2) is 0 Å². The molecule has 3 aliphatic rings. The highest BCUT2D eigenvalue weighted by atomic mass is 16.5. The summed E-state index contributed by atoms with van der Waals surface area (Å²) in [5.41, 5.74) is 2.44. The predicted octanol–water partition coefficient (Wildman–Crippen LogP) is 3.45. The van der Waals surface area contributed by atoms with Crippen molar-refractivity contribution in [2.75, 3.05) is 26.2 Å². The highest BCUT2D eigenvalue weighted by Crippen LogP contribution is 2.23. The fourth-order valence-corrected chi connectivity index (χ4v) is 4.63. The fourth-order valence-electron chi connectivity index (χ4n) is 4.63. The van der Waals surface area contributed by atoms with Gasteiger partial charge in [-0.05, 0) is 72.1 Å². The molecule has 5 rings (SSSR count). The van der Waals surface area contributed by atoms with Crippen LogP contribution in [0.2, 0.25) is 0 Å². The quantitative estimate of drug-likeness (QED) is 0.835. The smallest absolute Gasteiger partial charge is 0.119 e. The van der Waals surface area contributed by atoms with Crippen molar-refractivity contribution in [3.8, 4) is 16.9 Å². The molecule has 2 atom stereocenters. The van der Waals surface area contributed by atoms with Crippen LogP contribution >= 0.6 is 0 Å². The average Bonchev–Trinajstić information content (AvgIpc) is 3.29. The van der Waals surface area contributed by atoms with Gasteiger partial charge < -0.3 is 10.1 Å². The summed E-state index contributed by atoms with van der Waals surface area (Å²) in [6.45, 7) is 4.21. The molecular formula is C27H30N2O. The Hall–Kier alpha value is -2.78. The van der Waals surface area contributed by atoms with E-state index in [2.05, 4.69) is 89.3 Å². The monoisotopic (exact) mass is 398 g/mol. The zero-order valence-electron chi connectivity index (χ0n) is 17.5. The summed E-state index contributed by atoms with van der Waals surface area (Å²) in [7, 11) is 0. The first-order valence-corrected chi connectivity index (χ1v) is 11.2. The number of allylic oxidation sites excluding steroid dienone is 2. The van der Waals surface area contributed by atoms with Crippen molar-refractivity contribution >= 4 is 12.3 Å². The number of ether oxygens (including phenoxy) is 1. The van der Waals surface area contributed by atoms with E-state index in [1.54, 1.807) is 0 Å². The maximum absolute atomic E-state index is 6.06. The summed E-state index contributed by atoms with van der Waals surface area (Å²) in [6.07, 6.45) is 17.1. The molecule has 3 heteroatoms. The standard InChI is InChI=1S/C27H30N2O/c1-2-9-27-21(6-1)10-11-24-18-23(12-13-25(24)20-28-27)22-7-5-8-26(19-22)30-17-16-29-14-3-4-15-29/h1-2,5-9,11-13,18-21,27-28H,3-4,10,14-17H2. The second-order valence-electron chi connectivity index (χ2n) is 8.48. The molecule has 0 aromatic heterocycles. The minimum atomic E-state index is 0.383. The van der Waals surface area contributed by atoms with Crippen molar-refractivity contribution < 1.29 is 4.74 Å². The van der Waals surface area contributed by atoms with Crippen LogP contribution in [-0.4, -0.2) is 37.2 Å². The lowest BCUT2D eigenvalue weighted by molar-refractivity contribution is 0.238. The number of fused-ring (bicyclic) bond motifs is 2. The Morgan fingerprint density at radius 3 is 2.73 bits per heavy atom. The van der Waals surface area contributed by atoms with Crippen LogP contribution in [0.15, 0.2) is 66.8 Å². The summed E-state index contributed by atoms with van der Waals surface area (Å²) in [4.78, 5) is 2.49. The topological polar surface area (TPSA) is 24.5 Å². The molecular weight excluding hydrogens is 368 g/mol. The zero-order chi connectivity index (χ0) is 20.2. The average molecular weight is 399 g/mol. The number of benzene rings is 2. The second-order valence-corrected chi connectivity index (χ2v) is 8.48. The Labute approximate surface area is 179 Å². The van der Waals surface area contributed by atoms with E-state index in [0.717, 1.165) is 25.3 Å². The van der Waals surface area contributed by atoms with E-state index in [4.69, 9.17) is 4.74 Å². The van der Waals surface area contributed by atoms with Crippen molar-refractivity contribution in [2.24, 2.45) is 5.92 Å². The molecule has 0 radical (unpaired) electrons. The first kappa shape index (κ1) is 19.2. The van der Waals surface area contributed by atoms with Crippen LogP contribution in [0.25, 0.3) is 23.4 Å². The molecule has 0 saturated carbocycles.